The summed E-state index contributed by atoms with van der Waals surface area (Å²) in [5.74, 6) is -0.912. The van der Waals surface area contributed by atoms with Crippen LogP contribution in [0.1, 0.15) is 80.6 Å². The summed E-state index contributed by atoms with van der Waals surface area (Å²) in [5, 5.41) is 2.61. The lowest BCUT2D eigenvalue weighted by Crippen LogP contribution is -2.57. The Labute approximate surface area is 273 Å². The Morgan fingerprint density at radius 3 is 2.35 bits per heavy atom. The highest BCUT2D eigenvalue weighted by Gasteiger charge is 2.72. The molecule has 46 heavy (non-hydrogen) atoms. The highest BCUT2D eigenvalue weighted by molar-refractivity contribution is 5.89. The molecular formula is C34H55N3O9. The first-order chi connectivity index (χ1) is 21.6. The summed E-state index contributed by atoms with van der Waals surface area (Å²) >= 11 is 0. The molecule has 1 N–H and O–H groups in total. The summed E-state index contributed by atoms with van der Waals surface area (Å²) in [6.45, 7) is 16.9. The minimum Gasteiger partial charge on any atom is -0.463 e. The Hall–Kier alpha value is -2.54. The van der Waals surface area contributed by atoms with Crippen LogP contribution in [0.15, 0.2) is 11.6 Å². The van der Waals surface area contributed by atoms with Crippen LogP contribution in [0.3, 0.4) is 0 Å². The average Bonchev–Trinajstić information content (AvgIpc) is 3.91. The van der Waals surface area contributed by atoms with Crippen molar-refractivity contribution in [2.75, 3.05) is 53.0 Å². The smallest absolute Gasteiger partial charge is 0.410 e. The van der Waals surface area contributed by atoms with E-state index in [2.05, 4.69) is 37.1 Å². The van der Waals surface area contributed by atoms with Crippen LogP contribution in [-0.4, -0.2) is 122 Å². The van der Waals surface area contributed by atoms with Gasteiger partial charge in [0.15, 0.2) is 0 Å². The van der Waals surface area contributed by atoms with Crippen LogP contribution in [0.4, 0.5) is 4.79 Å². The summed E-state index contributed by atoms with van der Waals surface area (Å²) in [7, 11) is 1.67. The van der Waals surface area contributed by atoms with Gasteiger partial charge in [-0.2, -0.15) is 0 Å². The van der Waals surface area contributed by atoms with E-state index in [1.54, 1.807) is 18.9 Å². The molecule has 3 aliphatic heterocycles. The molecule has 0 aromatic carbocycles. The van der Waals surface area contributed by atoms with E-state index in [9.17, 15) is 19.2 Å². The van der Waals surface area contributed by atoms with Crippen molar-refractivity contribution < 1.29 is 42.9 Å². The number of methoxy groups -OCH3 is 1. The molecule has 0 aromatic heterocycles. The van der Waals surface area contributed by atoms with E-state index in [0.717, 1.165) is 12.8 Å². The number of epoxide rings is 2. The van der Waals surface area contributed by atoms with Gasteiger partial charge in [-0.05, 0) is 47.0 Å². The molecule has 260 valence electrons. The first-order valence-corrected chi connectivity index (χ1v) is 16.7. The number of piperazine rings is 1. The zero-order valence-corrected chi connectivity index (χ0v) is 29.0. The fourth-order valence-corrected chi connectivity index (χ4v) is 6.80. The molecule has 4 rings (SSSR count). The molecule has 3 saturated heterocycles. The third-order valence-electron chi connectivity index (χ3n) is 9.92. The van der Waals surface area contributed by atoms with Gasteiger partial charge in [-0.15, -0.1) is 0 Å². The number of hydrogen-bond acceptors (Lipinski definition) is 10. The molecule has 1 spiro atoms. The molecule has 7 atom stereocenters. The Balaban J connectivity index is 1.17. The van der Waals surface area contributed by atoms with Gasteiger partial charge in [-0.1, -0.05) is 32.4 Å². The average molecular weight is 650 g/mol. The van der Waals surface area contributed by atoms with Crippen molar-refractivity contribution in [3.8, 4) is 0 Å². The molecule has 1 unspecified atom stereocenters. The maximum absolute atomic E-state index is 13.3. The van der Waals surface area contributed by atoms with Crippen LogP contribution < -0.4 is 5.32 Å². The number of amides is 2. The SMILES string of the molecule is CO[C@H]1[C@H](C2(C)O[C@@H]2CC=C(C)C)[C@]2(CC[C@H]1OC(=O)N1CCN(CCOC(=O)[C@H](C)NC(=O)CCC(=O)C(C)(C)C)CC1)CO2. The number of esters is 1. The molecule has 4 aliphatic rings. The number of ketones is 1. The first kappa shape index (κ1) is 36.3. The van der Waals surface area contributed by atoms with Gasteiger partial charge in [0.1, 0.15) is 41.8 Å². The summed E-state index contributed by atoms with van der Waals surface area (Å²) in [4.78, 5) is 53.7. The van der Waals surface area contributed by atoms with Crippen LogP contribution in [0.25, 0.3) is 0 Å². The van der Waals surface area contributed by atoms with Gasteiger partial charge in [0.05, 0.1) is 18.6 Å². The van der Waals surface area contributed by atoms with Crippen LogP contribution >= 0.6 is 0 Å². The minimum atomic E-state index is -0.808. The first-order valence-electron chi connectivity index (χ1n) is 16.7. The Morgan fingerprint density at radius 2 is 1.76 bits per heavy atom. The lowest BCUT2D eigenvalue weighted by molar-refractivity contribution is -0.147. The molecule has 4 fully saturated rings. The zero-order chi connectivity index (χ0) is 33.9. The topological polar surface area (TPSA) is 140 Å². The monoisotopic (exact) mass is 649 g/mol. The second kappa shape index (κ2) is 14.7. The van der Waals surface area contributed by atoms with E-state index in [0.29, 0.717) is 45.8 Å². The zero-order valence-electron chi connectivity index (χ0n) is 29.0. The summed E-state index contributed by atoms with van der Waals surface area (Å²) in [6, 6.07) is -0.808. The maximum Gasteiger partial charge on any atom is 0.410 e. The molecule has 0 bridgehead atoms. The fourth-order valence-electron chi connectivity index (χ4n) is 6.80. The van der Waals surface area contributed by atoms with Gasteiger partial charge in [0.25, 0.3) is 0 Å². The lowest BCUT2D eigenvalue weighted by atomic mass is 9.68. The number of allylic oxidation sites excluding steroid dienone is 1. The van der Waals surface area contributed by atoms with E-state index in [1.165, 1.54) is 5.57 Å². The number of carbonyl (C=O) groups excluding carboxylic acids is 4. The normalized spacial score (nSPS) is 31.5. The second-order valence-corrected chi connectivity index (χ2v) is 14.8. The molecule has 0 aromatic rings. The summed E-state index contributed by atoms with van der Waals surface area (Å²) in [6.07, 6.45) is 3.71. The van der Waals surface area contributed by atoms with Crippen LogP contribution in [0, 0.1) is 11.3 Å². The number of ether oxygens (including phenoxy) is 5. The number of nitrogens with zero attached hydrogens (tertiary/aromatic N) is 2. The van der Waals surface area contributed by atoms with Crippen molar-refractivity contribution in [2.45, 2.75) is 116 Å². The van der Waals surface area contributed by atoms with Gasteiger partial charge in [0, 0.05) is 58.1 Å². The number of carbonyl (C=O) groups is 4. The highest BCUT2D eigenvalue weighted by atomic mass is 16.6. The number of nitrogens with one attached hydrogen (secondary N) is 1. The van der Waals surface area contributed by atoms with Crippen molar-refractivity contribution in [3.05, 3.63) is 11.6 Å². The van der Waals surface area contributed by atoms with Gasteiger partial charge in [0.2, 0.25) is 5.91 Å². The molecule has 0 radical (unpaired) electrons. The van der Waals surface area contributed by atoms with Gasteiger partial charge < -0.3 is 33.9 Å². The molecule has 2 amide bonds. The third kappa shape index (κ3) is 8.87. The number of Topliss-reactive ketones (excluding diaryl/α,β-unsaturated/α-hetero) is 1. The molecule has 12 heteroatoms. The van der Waals surface area contributed by atoms with Gasteiger partial charge >= 0.3 is 12.1 Å². The summed E-state index contributed by atoms with van der Waals surface area (Å²) in [5.41, 5.74) is 0.0907. The Bertz CT molecular complexity index is 1150. The number of hydrogen-bond donors (Lipinski definition) is 1. The van der Waals surface area contributed by atoms with Crippen molar-refractivity contribution in [2.24, 2.45) is 11.3 Å². The predicted octanol–water partition coefficient (Wildman–Crippen LogP) is 3.26. The standard InChI is InChI=1S/C34H55N3O9/c1-22(2)9-11-26-33(7,46-26)29-28(42-8)24(13-14-34(29)21-44-34)45-31(41)37-17-15-36(16-18-37)19-20-43-30(40)23(3)35-27(39)12-10-25(38)32(4,5)6/h9,23-24,26,28-29H,10-21H2,1-8H3,(H,35,39)/t23-,24+,26+,28+,29+,33?,34-/m0/s1. The lowest BCUT2D eigenvalue weighted by Gasteiger charge is -2.43. The molecular weight excluding hydrogens is 594 g/mol. The highest BCUT2D eigenvalue weighted by Crippen LogP contribution is 2.59. The fraction of sp³-hybridized carbons (Fsp3) is 0.824. The third-order valence-corrected chi connectivity index (χ3v) is 9.92. The van der Waals surface area contributed by atoms with Crippen LogP contribution in [-0.2, 0) is 38.1 Å². The molecule has 12 nitrogen and oxygen atoms in total. The number of rotatable bonds is 13. The largest absolute Gasteiger partial charge is 0.463 e. The quantitative estimate of drug-likeness (QED) is 0.180. The van der Waals surface area contributed by atoms with E-state index < -0.39 is 17.4 Å². The van der Waals surface area contributed by atoms with Crippen LogP contribution in [0.2, 0.25) is 0 Å². The molecule has 1 saturated carbocycles. The maximum atomic E-state index is 13.3. The minimum absolute atomic E-state index is 0.00309. The summed E-state index contributed by atoms with van der Waals surface area (Å²) < 4.78 is 29.8. The van der Waals surface area contributed by atoms with Gasteiger partial charge in [-0.3, -0.25) is 14.5 Å². The van der Waals surface area contributed by atoms with Crippen molar-refractivity contribution >= 4 is 23.8 Å². The Morgan fingerprint density at radius 1 is 1.09 bits per heavy atom. The van der Waals surface area contributed by atoms with Crippen molar-refractivity contribution in [1.29, 1.82) is 0 Å². The van der Waals surface area contributed by atoms with E-state index in [4.69, 9.17) is 23.7 Å². The van der Waals surface area contributed by atoms with Gasteiger partial charge in [-0.25, -0.2) is 9.59 Å². The van der Waals surface area contributed by atoms with E-state index in [1.807, 2.05) is 20.8 Å². The molecule has 3 heterocycles. The predicted molar refractivity (Wildman–Crippen MR) is 170 cm³/mol. The molecule has 1 aliphatic carbocycles. The van der Waals surface area contributed by atoms with E-state index >= 15 is 0 Å². The Kier molecular flexibility index (Phi) is 11.6. The van der Waals surface area contributed by atoms with Crippen molar-refractivity contribution in [1.82, 2.24) is 15.1 Å². The van der Waals surface area contributed by atoms with Crippen molar-refractivity contribution in [3.63, 3.8) is 0 Å². The van der Waals surface area contributed by atoms with E-state index in [-0.39, 0.29) is 72.7 Å². The second-order valence-electron chi connectivity index (χ2n) is 14.8. The van der Waals surface area contributed by atoms with Crippen LogP contribution in [0.5, 0.6) is 0 Å².